The van der Waals surface area contributed by atoms with E-state index in [2.05, 4.69) is 9.97 Å². The Bertz CT molecular complexity index is 666. The van der Waals surface area contributed by atoms with Crippen LogP contribution in [0.25, 0.3) is 0 Å². The van der Waals surface area contributed by atoms with Gasteiger partial charge in [-0.15, -0.1) is 0 Å². The van der Waals surface area contributed by atoms with E-state index in [0.29, 0.717) is 37.8 Å². The molecule has 124 valence electrons. The molecule has 1 atom stereocenters. The number of hydrogen-bond acceptors (Lipinski definition) is 4. The number of alkyl halides is 3. The van der Waals surface area contributed by atoms with Gasteiger partial charge in [-0.25, -0.2) is 9.97 Å². The van der Waals surface area contributed by atoms with Crippen LogP contribution in [0, 0.1) is 5.92 Å². The minimum atomic E-state index is -4.40. The van der Waals surface area contributed by atoms with Crippen molar-refractivity contribution in [3.8, 4) is 5.88 Å². The standard InChI is InChI=1S/C15H17F3N4O/c16-15(17,18)12-8-22-4-3-10(5-13(22)21-12)9-23-14-2-1-11(6-19)7-20-14/h1-2,7-8,10H,3-6,9,19H2. The summed E-state index contributed by atoms with van der Waals surface area (Å²) in [5, 5.41) is 0. The lowest BCUT2D eigenvalue weighted by atomic mass is 9.99. The molecule has 3 rings (SSSR count). The summed E-state index contributed by atoms with van der Waals surface area (Å²) in [6.07, 6.45) is -0.443. The molecule has 0 amide bonds. The van der Waals surface area contributed by atoms with Gasteiger partial charge in [0.2, 0.25) is 5.88 Å². The molecule has 0 saturated carbocycles. The maximum absolute atomic E-state index is 12.7. The molecule has 2 aromatic heterocycles. The minimum Gasteiger partial charge on any atom is -0.477 e. The zero-order valence-electron chi connectivity index (χ0n) is 12.4. The normalized spacial score (nSPS) is 17.8. The van der Waals surface area contributed by atoms with Crippen molar-refractivity contribution in [2.45, 2.75) is 32.1 Å². The molecule has 0 saturated heterocycles. The third-order valence-corrected chi connectivity index (χ3v) is 3.90. The molecule has 0 fully saturated rings. The first kappa shape index (κ1) is 15.8. The molecule has 2 aromatic rings. The molecule has 1 unspecified atom stereocenters. The van der Waals surface area contributed by atoms with Crippen LogP contribution in [0.15, 0.2) is 24.5 Å². The van der Waals surface area contributed by atoms with Crippen LogP contribution >= 0.6 is 0 Å². The molecule has 23 heavy (non-hydrogen) atoms. The van der Waals surface area contributed by atoms with Crippen molar-refractivity contribution < 1.29 is 17.9 Å². The first-order chi connectivity index (χ1) is 11.0. The smallest absolute Gasteiger partial charge is 0.434 e. The molecule has 2 N–H and O–H groups in total. The number of aromatic nitrogens is 3. The van der Waals surface area contributed by atoms with Crippen LogP contribution in [0.4, 0.5) is 13.2 Å². The van der Waals surface area contributed by atoms with Crippen LogP contribution in [0.3, 0.4) is 0 Å². The topological polar surface area (TPSA) is 66.0 Å². The Kier molecular flexibility index (Phi) is 4.25. The lowest BCUT2D eigenvalue weighted by Crippen LogP contribution is -2.24. The van der Waals surface area contributed by atoms with Crippen LogP contribution in [0.1, 0.15) is 23.5 Å². The summed E-state index contributed by atoms with van der Waals surface area (Å²) >= 11 is 0. The van der Waals surface area contributed by atoms with Gasteiger partial charge >= 0.3 is 6.18 Å². The van der Waals surface area contributed by atoms with E-state index in [4.69, 9.17) is 10.5 Å². The van der Waals surface area contributed by atoms with Crippen LogP contribution in [0.5, 0.6) is 5.88 Å². The fourth-order valence-corrected chi connectivity index (χ4v) is 2.59. The number of aryl methyl sites for hydroxylation is 1. The molecule has 8 heteroatoms. The van der Waals surface area contributed by atoms with Crippen LogP contribution < -0.4 is 10.5 Å². The fourth-order valence-electron chi connectivity index (χ4n) is 2.59. The average molecular weight is 326 g/mol. The molecule has 5 nitrogen and oxygen atoms in total. The van der Waals surface area contributed by atoms with E-state index in [9.17, 15) is 13.2 Å². The van der Waals surface area contributed by atoms with Gasteiger partial charge in [0.25, 0.3) is 0 Å². The fraction of sp³-hybridized carbons (Fsp3) is 0.467. The minimum absolute atomic E-state index is 0.127. The third-order valence-electron chi connectivity index (χ3n) is 3.90. The summed E-state index contributed by atoms with van der Waals surface area (Å²) < 4.78 is 45.3. The maximum Gasteiger partial charge on any atom is 0.434 e. The Morgan fingerprint density at radius 1 is 1.35 bits per heavy atom. The Labute approximate surface area is 131 Å². The van der Waals surface area contributed by atoms with Gasteiger partial charge in [-0.2, -0.15) is 13.2 Å². The molecular formula is C15H17F3N4O. The number of halogens is 3. The molecule has 0 aromatic carbocycles. The number of fused-ring (bicyclic) bond motifs is 1. The Morgan fingerprint density at radius 2 is 2.17 bits per heavy atom. The van der Waals surface area contributed by atoms with Gasteiger partial charge in [0.15, 0.2) is 5.69 Å². The Balaban J connectivity index is 1.59. The lowest BCUT2D eigenvalue weighted by molar-refractivity contribution is -0.141. The molecule has 0 bridgehead atoms. The van der Waals surface area contributed by atoms with Crippen LogP contribution in [-0.2, 0) is 25.7 Å². The average Bonchev–Trinajstić information content (AvgIpc) is 2.97. The van der Waals surface area contributed by atoms with Crippen LogP contribution in [-0.4, -0.2) is 21.1 Å². The SMILES string of the molecule is NCc1ccc(OCC2CCn3cc(C(F)(F)F)nc3C2)nc1. The molecular weight excluding hydrogens is 309 g/mol. The second-order valence-electron chi connectivity index (χ2n) is 5.61. The van der Waals surface area contributed by atoms with Crippen molar-refractivity contribution in [2.24, 2.45) is 11.7 Å². The predicted octanol–water partition coefficient (Wildman–Crippen LogP) is 2.40. The monoisotopic (exact) mass is 326 g/mol. The number of ether oxygens (including phenoxy) is 1. The van der Waals surface area contributed by atoms with Crippen molar-refractivity contribution in [3.63, 3.8) is 0 Å². The van der Waals surface area contributed by atoms with Crippen molar-refractivity contribution in [3.05, 3.63) is 41.6 Å². The molecule has 1 aliphatic rings. The number of nitrogens with two attached hydrogens (primary N) is 1. The van der Waals surface area contributed by atoms with Gasteiger partial charge < -0.3 is 15.0 Å². The summed E-state index contributed by atoms with van der Waals surface area (Å²) in [4.78, 5) is 7.85. The quantitative estimate of drug-likeness (QED) is 0.937. The van der Waals surface area contributed by atoms with E-state index in [-0.39, 0.29) is 5.92 Å². The number of hydrogen-bond donors (Lipinski definition) is 1. The number of rotatable bonds is 4. The van der Waals surface area contributed by atoms with E-state index in [0.717, 1.165) is 18.2 Å². The Hall–Kier alpha value is -2.09. The van der Waals surface area contributed by atoms with E-state index < -0.39 is 11.9 Å². The first-order valence-electron chi connectivity index (χ1n) is 7.36. The van der Waals surface area contributed by atoms with Gasteiger partial charge in [-0.1, -0.05) is 6.07 Å². The van der Waals surface area contributed by atoms with Gasteiger partial charge in [0.1, 0.15) is 5.82 Å². The summed E-state index contributed by atoms with van der Waals surface area (Å²) in [6, 6.07) is 3.58. The van der Waals surface area contributed by atoms with Crippen molar-refractivity contribution in [1.82, 2.24) is 14.5 Å². The molecule has 1 aliphatic heterocycles. The number of nitrogens with zero attached hydrogens (tertiary/aromatic N) is 3. The largest absolute Gasteiger partial charge is 0.477 e. The predicted molar refractivity (Wildman–Crippen MR) is 76.7 cm³/mol. The second-order valence-corrected chi connectivity index (χ2v) is 5.61. The molecule has 3 heterocycles. The van der Waals surface area contributed by atoms with E-state index >= 15 is 0 Å². The van der Waals surface area contributed by atoms with E-state index in [1.807, 2.05) is 6.07 Å². The maximum atomic E-state index is 12.7. The zero-order valence-corrected chi connectivity index (χ0v) is 12.4. The highest BCUT2D eigenvalue weighted by Gasteiger charge is 2.35. The third kappa shape index (κ3) is 3.64. The molecule has 0 radical (unpaired) electrons. The summed E-state index contributed by atoms with van der Waals surface area (Å²) in [7, 11) is 0. The van der Waals surface area contributed by atoms with Gasteiger partial charge in [-0.05, 0) is 12.0 Å². The van der Waals surface area contributed by atoms with Crippen molar-refractivity contribution >= 4 is 0 Å². The summed E-state index contributed by atoms with van der Waals surface area (Å²) in [5.74, 6) is 1.08. The van der Waals surface area contributed by atoms with Gasteiger partial charge in [0, 0.05) is 43.9 Å². The van der Waals surface area contributed by atoms with Crippen molar-refractivity contribution in [2.75, 3.05) is 6.61 Å². The molecule has 0 aliphatic carbocycles. The van der Waals surface area contributed by atoms with Crippen molar-refractivity contribution in [1.29, 1.82) is 0 Å². The van der Waals surface area contributed by atoms with Crippen LogP contribution in [0.2, 0.25) is 0 Å². The Morgan fingerprint density at radius 3 is 2.83 bits per heavy atom. The highest BCUT2D eigenvalue weighted by molar-refractivity contribution is 5.17. The number of pyridine rings is 1. The second kappa shape index (κ2) is 6.19. The van der Waals surface area contributed by atoms with Gasteiger partial charge in [0.05, 0.1) is 6.61 Å². The zero-order chi connectivity index (χ0) is 16.4. The lowest BCUT2D eigenvalue weighted by Gasteiger charge is -2.23. The van der Waals surface area contributed by atoms with E-state index in [1.54, 1.807) is 16.8 Å². The molecule has 0 spiro atoms. The summed E-state index contributed by atoms with van der Waals surface area (Å²) in [5.41, 5.74) is 5.59. The number of imidazole rings is 1. The summed E-state index contributed by atoms with van der Waals surface area (Å²) in [6.45, 7) is 1.34. The highest BCUT2D eigenvalue weighted by atomic mass is 19.4. The van der Waals surface area contributed by atoms with Gasteiger partial charge in [-0.3, -0.25) is 0 Å². The highest BCUT2D eigenvalue weighted by Crippen LogP contribution is 2.30. The van der Waals surface area contributed by atoms with E-state index in [1.165, 1.54) is 0 Å². The first-order valence-corrected chi connectivity index (χ1v) is 7.36.